The molecule has 0 fully saturated rings. The third-order valence-electron chi connectivity index (χ3n) is 4.56. The van der Waals surface area contributed by atoms with Crippen LogP contribution in [0.25, 0.3) is 33.0 Å². The molecule has 0 aliphatic rings. The lowest BCUT2D eigenvalue weighted by Gasteiger charge is -2.20. The molecule has 0 saturated carbocycles. The summed E-state index contributed by atoms with van der Waals surface area (Å²) in [7, 11) is 4.15. The van der Waals surface area contributed by atoms with Crippen LogP contribution in [0.5, 0.6) is 0 Å². The summed E-state index contributed by atoms with van der Waals surface area (Å²) in [5.41, 5.74) is 6.01. The Bertz CT molecular complexity index is 1020. The lowest BCUT2D eigenvalue weighted by atomic mass is 9.89. The largest absolute Gasteiger partial charge is 0.377 e. The van der Waals surface area contributed by atoms with Gasteiger partial charge in [0, 0.05) is 43.3 Å². The number of pyridine rings is 1. The van der Waals surface area contributed by atoms with E-state index in [1.807, 2.05) is 12.4 Å². The second-order valence-corrected chi connectivity index (χ2v) is 6.36. The Morgan fingerprint density at radius 1 is 0.720 bits per heavy atom. The highest BCUT2D eigenvalue weighted by Crippen LogP contribution is 2.41. The molecule has 0 aliphatic carbocycles. The quantitative estimate of drug-likeness (QED) is 0.485. The van der Waals surface area contributed by atoms with Crippen LogP contribution in [0.3, 0.4) is 0 Å². The van der Waals surface area contributed by atoms with E-state index in [1.54, 1.807) is 0 Å². The first-order valence-corrected chi connectivity index (χ1v) is 8.44. The van der Waals surface area contributed by atoms with Crippen LogP contribution in [-0.4, -0.2) is 19.1 Å². The van der Waals surface area contributed by atoms with Gasteiger partial charge in [-0.2, -0.15) is 0 Å². The van der Waals surface area contributed by atoms with E-state index in [9.17, 15) is 0 Å². The summed E-state index contributed by atoms with van der Waals surface area (Å²) >= 11 is 0. The van der Waals surface area contributed by atoms with Crippen molar-refractivity contribution >= 4 is 16.5 Å². The molecule has 0 aliphatic heterocycles. The van der Waals surface area contributed by atoms with Gasteiger partial charge in [0.05, 0.1) is 0 Å². The van der Waals surface area contributed by atoms with Crippen LogP contribution < -0.4 is 4.90 Å². The van der Waals surface area contributed by atoms with Crippen LogP contribution in [0.2, 0.25) is 0 Å². The van der Waals surface area contributed by atoms with E-state index in [1.165, 1.54) is 33.2 Å². The van der Waals surface area contributed by atoms with E-state index in [-0.39, 0.29) is 0 Å². The van der Waals surface area contributed by atoms with Crippen molar-refractivity contribution in [2.45, 2.75) is 0 Å². The number of fused-ring (bicyclic) bond motifs is 1. The highest BCUT2D eigenvalue weighted by Gasteiger charge is 2.15. The van der Waals surface area contributed by atoms with Crippen LogP contribution in [0.15, 0.2) is 85.2 Å². The van der Waals surface area contributed by atoms with E-state index in [0.29, 0.717) is 0 Å². The standard InChI is InChI=1S/C23H20N2/c1-25(2)22-14-15-24-16-21(22)23-19-11-7-6-10-18(19)12-13-20(23)17-8-4-3-5-9-17/h3-16H,1-2H3. The van der Waals surface area contributed by atoms with Crippen LogP contribution >= 0.6 is 0 Å². The summed E-state index contributed by atoms with van der Waals surface area (Å²) in [6, 6.07) is 25.6. The zero-order chi connectivity index (χ0) is 17.2. The summed E-state index contributed by atoms with van der Waals surface area (Å²) in [6.45, 7) is 0. The summed E-state index contributed by atoms with van der Waals surface area (Å²) in [4.78, 5) is 6.57. The molecule has 0 saturated heterocycles. The fourth-order valence-electron chi connectivity index (χ4n) is 3.39. The average Bonchev–Trinajstić information content (AvgIpc) is 2.67. The second-order valence-electron chi connectivity index (χ2n) is 6.36. The molecule has 4 aromatic rings. The van der Waals surface area contributed by atoms with E-state index in [4.69, 9.17) is 0 Å². The first-order valence-electron chi connectivity index (χ1n) is 8.44. The maximum atomic E-state index is 4.42. The molecule has 0 radical (unpaired) electrons. The molecule has 0 unspecified atom stereocenters. The molecule has 0 bridgehead atoms. The van der Waals surface area contributed by atoms with Crippen molar-refractivity contribution in [2.24, 2.45) is 0 Å². The van der Waals surface area contributed by atoms with Crippen molar-refractivity contribution in [3.05, 3.63) is 85.2 Å². The topological polar surface area (TPSA) is 16.1 Å². The monoisotopic (exact) mass is 324 g/mol. The van der Waals surface area contributed by atoms with Crippen LogP contribution in [0.4, 0.5) is 5.69 Å². The number of benzene rings is 3. The van der Waals surface area contributed by atoms with Crippen molar-refractivity contribution in [1.82, 2.24) is 4.98 Å². The Kier molecular flexibility index (Phi) is 3.95. The fourth-order valence-corrected chi connectivity index (χ4v) is 3.39. The zero-order valence-electron chi connectivity index (χ0n) is 14.5. The molecule has 0 amide bonds. The van der Waals surface area contributed by atoms with Gasteiger partial charge in [-0.1, -0.05) is 66.7 Å². The highest BCUT2D eigenvalue weighted by atomic mass is 15.1. The summed E-state index contributed by atoms with van der Waals surface area (Å²) in [5.74, 6) is 0. The Labute approximate surface area is 148 Å². The van der Waals surface area contributed by atoms with Gasteiger partial charge in [0.1, 0.15) is 0 Å². The first kappa shape index (κ1) is 15.4. The van der Waals surface area contributed by atoms with Gasteiger partial charge in [0.15, 0.2) is 0 Å². The minimum Gasteiger partial charge on any atom is -0.377 e. The zero-order valence-corrected chi connectivity index (χ0v) is 14.5. The molecule has 1 heterocycles. The first-order chi connectivity index (χ1) is 12.3. The summed E-state index contributed by atoms with van der Waals surface area (Å²) in [5, 5.41) is 2.49. The molecule has 2 heteroatoms. The summed E-state index contributed by atoms with van der Waals surface area (Å²) < 4.78 is 0. The van der Waals surface area contributed by atoms with Crippen molar-refractivity contribution < 1.29 is 0 Å². The molecule has 2 nitrogen and oxygen atoms in total. The number of nitrogens with zero attached hydrogens (tertiary/aromatic N) is 2. The lowest BCUT2D eigenvalue weighted by molar-refractivity contribution is 1.12. The number of aromatic nitrogens is 1. The Morgan fingerprint density at radius 3 is 2.28 bits per heavy atom. The second kappa shape index (κ2) is 6.40. The highest BCUT2D eigenvalue weighted by molar-refractivity contribution is 6.06. The van der Waals surface area contributed by atoms with Gasteiger partial charge in [0.25, 0.3) is 0 Å². The molecular weight excluding hydrogens is 304 g/mol. The fraction of sp³-hybridized carbons (Fsp3) is 0.0870. The molecule has 0 spiro atoms. The van der Waals surface area contributed by atoms with Crippen molar-refractivity contribution in [2.75, 3.05) is 19.0 Å². The smallest absolute Gasteiger partial charge is 0.0472 e. The van der Waals surface area contributed by atoms with Crippen molar-refractivity contribution in [1.29, 1.82) is 0 Å². The van der Waals surface area contributed by atoms with Crippen molar-refractivity contribution in [3.63, 3.8) is 0 Å². The van der Waals surface area contributed by atoms with Gasteiger partial charge >= 0.3 is 0 Å². The summed E-state index contributed by atoms with van der Waals surface area (Å²) in [6.07, 6.45) is 3.83. The maximum absolute atomic E-state index is 4.42. The third-order valence-corrected chi connectivity index (χ3v) is 4.56. The van der Waals surface area contributed by atoms with Gasteiger partial charge < -0.3 is 4.90 Å². The maximum Gasteiger partial charge on any atom is 0.0472 e. The van der Waals surface area contributed by atoms with Gasteiger partial charge in [-0.15, -0.1) is 0 Å². The Balaban J connectivity index is 2.11. The molecule has 0 atom stereocenters. The SMILES string of the molecule is CN(C)c1ccncc1-c1c(-c2ccccc2)ccc2ccccc12. The predicted octanol–water partition coefficient (Wildman–Crippen LogP) is 5.63. The van der Waals surface area contributed by atoms with Crippen LogP contribution in [0.1, 0.15) is 0 Å². The van der Waals surface area contributed by atoms with Crippen LogP contribution in [-0.2, 0) is 0 Å². The normalized spacial score (nSPS) is 10.8. The molecule has 25 heavy (non-hydrogen) atoms. The minimum atomic E-state index is 1.16. The molecule has 0 N–H and O–H groups in total. The van der Waals surface area contributed by atoms with Gasteiger partial charge in [-0.3, -0.25) is 4.98 Å². The van der Waals surface area contributed by atoms with Crippen LogP contribution in [0, 0.1) is 0 Å². The lowest BCUT2D eigenvalue weighted by Crippen LogP contribution is -2.10. The van der Waals surface area contributed by atoms with Gasteiger partial charge in [-0.05, 0) is 28.0 Å². The average molecular weight is 324 g/mol. The Morgan fingerprint density at radius 2 is 1.48 bits per heavy atom. The van der Waals surface area contributed by atoms with E-state index in [0.717, 1.165) is 5.56 Å². The molecule has 1 aromatic heterocycles. The Hall–Kier alpha value is -3.13. The third kappa shape index (κ3) is 2.76. The van der Waals surface area contributed by atoms with Gasteiger partial charge in [-0.25, -0.2) is 0 Å². The van der Waals surface area contributed by atoms with Gasteiger partial charge in [0.2, 0.25) is 0 Å². The number of hydrogen-bond donors (Lipinski definition) is 0. The molecular formula is C23H20N2. The molecule has 122 valence electrons. The number of rotatable bonds is 3. The number of hydrogen-bond acceptors (Lipinski definition) is 2. The van der Waals surface area contributed by atoms with E-state index in [2.05, 4.69) is 96.8 Å². The predicted molar refractivity (Wildman–Crippen MR) is 107 cm³/mol. The van der Waals surface area contributed by atoms with Crippen molar-refractivity contribution in [3.8, 4) is 22.3 Å². The van der Waals surface area contributed by atoms with E-state index < -0.39 is 0 Å². The number of anilines is 1. The minimum absolute atomic E-state index is 1.16. The molecule has 4 rings (SSSR count). The molecule has 3 aromatic carbocycles. The van der Waals surface area contributed by atoms with E-state index >= 15 is 0 Å².